The Morgan fingerprint density at radius 1 is 1.70 bits per heavy atom. The molecule has 0 fully saturated rings. The molecule has 2 amide bonds. The third-order valence-corrected chi connectivity index (χ3v) is 1.51. The normalized spacial score (nSPS) is 35.0. The third-order valence-electron chi connectivity index (χ3n) is 1.51. The summed E-state index contributed by atoms with van der Waals surface area (Å²) in [6.45, 7) is 0. The van der Waals surface area contributed by atoms with E-state index in [9.17, 15) is 4.79 Å². The number of carbonyl (C=O) groups is 1. The van der Waals surface area contributed by atoms with Crippen LogP contribution in [0.1, 0.15) is 0 Å². The smallest absolute Gasteiger partial charge is 0.343 e. The standard InChI is InChI=1S/C6H6N2O2/c9-6-7-3-4-1-2-10-5(4)8-6/h1-5H,(H,8,9). The SMILES string of the molecule is O=C1N=CC2C=COC2N1. The second kappa shape index (κ2) is 1.83. The molecule has 2 unspecified atom stereocenters. The number of nitrogens with one attached hydrogen (secondary N) is 1. The maximum atomic E-state index is 10.6. The van der Waals surface area contributed by atoms with Crippen LogP contribution < -0.4 is 5.32 Å². The average Bonchev–Trinajstić information content (AvgIpc) is 2.33. The molecule has 10 heavy (non-hydrogen) atoms. The number of hydrogen-bond acceptors (Lipinski definition) is 2. The van der Waals surface area contributed by atoms with Crippen molar-refractivity contribution in [2.75, 3.05) is 0 Å². The Labute approximate surface area is 57.6 Å². The van der Waals surface area contributed by atoms with E-state index in [-0.39, 0.29) is 18.2 Å². The highest BCUT2D eigenvalue weighted by Crippen LogP contribution is 2.15. The zero-order valence-corrected chi connectivity index (χ0v) is 5.15. The number of nitrogens with zero attached hydrogens (tertiary/aromatic N) is 1. The van der Waals surface area contributed by atoms with E-state index in [0.717, 1.165) is 0 Å². The number of amides is 2. The second-order valence-corrected chi connectivity index (χ2v) is 2.19. The molecule has 0 aromatic heterocycles. The molecule has 0 aliphatic carbocycles. The van der Waals surface area contributed by atoms with Crippen molar-refractivity contribution >= 4 is 12.2 Å². The summed E-state index contributed by atoms with van der Waals surface area (Å²) in [6.07, 6.45) is 4.80. The lowest BCUT2D eigenvalue weighted by Crippen LogP contribution is -2.41. The fraction of sp³-hybridized carbons (Fsp3) is 0.333. The van der Waals surface area contributed by atoms with Crippen LogP contribution in [0.2, 0.25) is 0 Å². The van der Waals surface area contributed by atoms with Crippen molar-refractivity contribution < 1.29 is 9.53 Å². The topological polar surface area (TPSA) is 50.7 Å². The van der Waals surface area contributed by atoms with E-state index in [1.807, 2.05) is 6.08 Å². The second-order valence-electron chi connectivity index (χ2n) is 2.19. The lowest BCUT2D eigenvalue weighted by molar-refractivity contribution is 0.125. The average molecular weight is 138 g/mol. The van der Waals surface area contributed by atoms with Gasteiger partial charge in [-0.3, -0.25) is 5.32 Å². The number of rotatable bonds is 0. The van der Waals surface area contributed by atoms with Gasteiger partial charge in [0.1, 0.15) is 0 Å². The molecular weight excluding hydrogens is 132 g/mol. The Morgan fingerprint density at radius 3 is 3.50 bits per heavy atom. The quantitative estimate of drug-likeness (QED) is 0.522. The minimum Gasteiger partial charge on any atom is -0.477 e. The van der Waals surface area contributed by atoms with E-state index in [1.54, 1.807) is 12.5 Å². The number of ether oxygens (including phenoxy) is 1. The molecule has 0 radical (unpaired) electrons. The zero-order valence-electron chi connectivity index (χ0n) is 5.15. The number of hydrogen-bond donors (Lipinski definition) is 1. The van der Waals surface area contributed by atoms with Crippen molar-refractivity contribution in [3.8, 4) is 0 Å². The largest absolute Gasteiger partial charge is 0.477 e. The molecule has 0 saturated carbocycles. The van der Waals surface area contributed by atoms with Crippen LogP contribution in [0.4, 0.5) is 4.79 Å². The van der Waals surface area contributed by atoms with Gasteiger partial charge in [-0.25, -0.2) is 9.79 Å². The molecule has 1 N–H and O–H groups in total. The van der Waals surface area contributed by atoms with E-state index < -0.39 is 0 Å². The zero-order chi connectivity index (χ0) is 6.97. The minimum atomic E-state index is -0.329. The molecule has 2 heterocycles. The maximum absolute atomic E-state index is 10.6. The van der Waals surface area contributed by atoms with Crippen LogP contribution in [0.25, 0.3) is 0 Å². The Bertz CT molecular complexity index is 222. The third kappa shape index (κ3) is 0.689. The summed E-state index contributed by atoms with van der Waals surface area (Å²) in [4.78, 5) is 14.2. The summed E-state index contributed by atoms with van der Waals surface area (Å²) in [6, 6.07) is -0.329. The van der Waals surface area contributed by atoms with Crippen molar-refractivity contribution in [3.63, 3.8) is 0 Å². The summed E-state index contributed by atoms with van der Waals surface area (Å²) in [5, 5.41) is 2.56. The summed E-state index contributed by atoms with van der Waals surface area (Å²) in [7, 11) is 0. The number of aliphatic imine (C=N–C) groups is 1. The molecule has 2 aliphatic rings. The number of fused-ring (bicyclic) bond motifs is 1. The first-order chi connectivity index (χ1) is 4.86. The number of carbonyl (C=O) groups excluding carboxylic acids is 1. The van der Waals surface area contributed by atoms with Gasteiger partial charge >= 0.3 is 6.03 Å². The molecule has 0 spiro atoms. The molecule has 0 saturated heterocycles. The van der Waals surface area contributed by atoms with Crippen LogP contribution in [-0.4, -0.2) is 18.5 Å². The highest BCUT2D eigenvalue weighted by atomic mass is 16.5. The minimum absolute atomic E-state index is 0.123. The molecular formula is C6H6N2O2. The predicted octanol–water partition coefficient (Wildman–Crippen LogP) is 0.267. The molecule has 4 heteroatoms. The van der Waals surface area contributed by atoms with Crippen LogP contribution in [0.5, 0.6) is 0 Å². The van der Waals surface area contributed by atoms with Crippen molar-refractivity contribution in [1.29, 1.82) is 0 Å². The fourth-order valence-electron chi connectivity index (χ4n) is 0.983. The van der Waals surface area contributed by atoms with Crippen LogP contribution >= 0.6 is 0 Å². The summed E-state index contributed by atoms with van der Waals surface area (Å²) in [5.74, 6) is 0.123. The van der Waals surface area contributed by atoms with Gasteiger partial charge in [0, 0.05) is 6.21 Å². The lowest BCUT2D eigenvalue weighted by Gasteiger charge is -2.18. The Balaban J connectivity index is 2.21. The fourth-order valence-corrected chi connectivity index (χ4v) is 0.983. The van der Waals surface area contributed by atoms with E-state index >= 15 is 0 Å². The molecule has 2 rings (SSSR count). The van der Waals surface area contributed by atoms with Gasteiger partial charge in [0.05, 0.1) is 12.2 Å². The van der Waals surface area contributed by atoms with Crippen molar-refractivity contribution in [2.45, 2.75) is 6.23 Å². The van der Waals surface area contributed by atoms with Crippen molar-refractivity contribution in [1.82, 2.24) is 5.32 Å². The highest BCUT2D eigenvalue weighted by Gasteiger charge is 2.27. The summed E-state index contributed by atoms with van der Waals surface area (Å²) in [5.41, 5.74) is 0. The van der Waals surface area contributed by atoms with E-state index in [4.69, 9.17) is 4.74 Å². The van der Waals surface area contributed by atoms with E-state index in [2.05, 4.69) is 10.3 Å². The Kier molecular flexibility index (Phi) is 1.00. The van der Waals surface area contributed by atoms with Crippen LogP contribution in [0.3, 0.4) is 0 Å². The van der Waals surface area contributed by atoms with Crippen molar-refractivity contribution in [3.05, 3.63) is 12.3 Å². The summed E-state index contributed by atoms with van der Waals surface area (Å²) >= 11 is 0. The van der Waals surface area contributed by atoms with Gasteiger partial charge < -0.3 is 4.74 Å². The molecule has 0 aromatic rings. The van der Waals surface area contributed by atoms with Crippen LogP contribution in [0, 0.1) is 5.92 Å². The first-order valence-corrected chi connectivity index (χ1v) is 3.03. The molecule has 52 valence electrons. The Morgan fingerprint density at radius 2 is 2.60 bits per heavy atom. The molecule has 2 atom stereocenters. The van der Waals surface area contributed by atoms with Gasteiger partial charge in [0.2, 0.25) is 0 Å². The molecule has 0 aromatic carbocycles. The first kappa shape index (κ1) is 5.46. The number of urea groups is 1. The first-order valence-electron chi connectivity index (χ1n) is 3.03. The summed E-state index contributed by atoms with van der Waals surface area (Å²) < 4.78 is 5.02. The van der Waals surface area contributed by atoms with Gasteiger partial charge in [-0.15, -0.1) is 0 Å². The lowest BCUT2D eigenvalue weighted by atomic mass is 10.1. The molecule has 2 aliphatic heterocycles. The maximum Gasteiger partial charge on any atom is 0.343 e. The van der Waals surface area contributed by atoms with Gasteiger partial charge in [-0.2, -0.15) is 0 Å². The van der Waals surface area contributed by atoms with Gasteiger partial charge in [0.25, 0.3) is 0 Å². The van der Waals surface area contributed by atoms with Gasteiger partial charge in [-0.1, -0.05) is 0 Å². The van der Waals surface area contributed by atoms with E-state index in [0.29, 0.717) is 0 Å². The molecule has 0 bridgehead atoms. The van der Waals surface area contributed by atoms with Crippen LogP contribution in [0.15, 0.2) is 17.3 Å². The monoisotopic (exact) mass is 138 g/mol. The molecule has 4 nitrogen and oxygen atoms in total. The highest BCUT2D eigenvalue weighted by molar-refractivity contribution is 5.88. The predicted molar refractivity (Wildman–Crippen MR) is 34.5 cm³/mol. The van der Waals surface area contributed by atoms with Gasteiger partial charge in [-0.05, 0) is 6.08 Å². The Hall–Kier alpha value is -1.32. The van der Waals surface area contributed by atoms with Crippen molar-refractivity contribution in [2.24, 2.45) is 10.9 Å². The van der Waals surface area contributed by atoms with Gasteiger partial charge in [0.15, 0.2) is 6.23 Å². The van der Waals surface area contributed by atoms with Crippen LogP contribution in [-0.2, 0) is 4.74 Å². The van der Waals surface area contributed by atoms with E-state index in [1.165, 1.54) is 0 Å².